The van der Waals surface area contributed by atoms with E-state index in [1.807, 2.05) is 48.5 Å². The third-order valence-electron chi connectivity index (χ3n) is 3.69. The smallest absolute Gasteiger partial charge is 0.232 e. The van der Waals surface area contributed by atoms with Crippen LogP contribution in [0.1, 0.15) is 6.42 Å². The molecule has 2 heterocycles. The van der Waals surface area contributed by atoms with Crippen molar-refractivity contribution in [2.24, 2.45) is 0 Å². The summed E-state index contributed by atoms with van der Waals surface area (Å²) in [6.45, 7) is 0.175. The maximum Gasteiger partial charge on any atom is 0.232 e. The van der Waals surface area contributed by atoms with E-state index in [-0.39, 0.29) is 19.1 Å². The molecule has 1 amide bonds. The fourth-order valence-electron chi connectivity index (χ4n) is 2.53. The third-order valence-corrected chi connectivity index (χ3v) is 3.69. The minimum Gasteiger partial charge on any atom is -0.462 e. The molecule has 6 nitrogen and oxygen atoms in total. The van der Waals surface area contributed by atoms with Crippen LogP contribution in [0.15, 0.2) is 60.6 Å². The molecule has 1 aliphatic rings. The van der Waals surface area contributed by atoms with Crippen molar-refractivity contribution in [3.8, 4) is 11.4 Å². The number of anilines is 1. The van der Waals surface area contributed by atoms with Crippen molar-refractivity contribution in [3.63, 3.8) is 0 Å². The molecule has 0 bridgehead atoms. The first-order valence-electron chi connectivity index (χ1n) is 7.56. The van der Waals surface area contributed by atoms with Gasteiger partial charge in [0.2, 0.25) is 12.7 Å². The number of para-hydroxylation sites is 2. The third kappa shape index (κ3) is 2.94. The number of fused-ring (bicyclic) bond motifs is 1. The van der Waals surface area contributed by atoms with E-state index in [1.165, 1.54) is 6.26 Å². The van der Waals surface area contributed by atoms with Crippen LogP contribution in [-0.4, -0.2) is 22.7 Å². The molecule has 4 rings (SSSR count). The van der Waals surface area contributed by atoms with Crippen LogP contribution in [-0.2, 0) is 14.3 Å². The van der Waals surface area contributed by atoms with Crippen molar-refractivity contribution in [2.45, 2.75) is 6.42 Å². The summed E-state index contributed by atoms with van der Waals surface area (Å²) in [5.74, 6) is 1.19. The zero-order valence-corrected chi connectivity index (χ0v) is 12.8. The Balaban J connectivity index is 1.47. The normalized spacial score (nSPS) is 13.2. The van der Waals surface area contributed by atoms with Gasteiger partial charge in [0.05, 0.1) is 17.5 Å². The zero-order valence-electron chi connectivity index (χ0n) is 12.8. The van der Waals surface area contributed by atoms with Crippen LogP contribution in [0.5, 0.6) is 0 Å². The molecular formula is C18H15N3O3. The fraction of sp³-hybridized carbons (Fsp3) is 0.111. The van der Waals surface area contributed by atoms with Gasteiger partial charge in [-0.25, -0.2) is 4.98 Å². The van der Waals surface area contributed by atoms with Gasteiger partial charge in [-0.1, -0.05) is 12.1 Å². The van der Waals surface area contributed by atoms with E-state index in [9.17, 15) is 4.79 Å². The maximum absolute atomic E-state index is 11.9. The largest absolute Gasteiger partial charge is 0.462 e. The minimum absolute atomic E-state index is 0.150. The van der Waals surface area contributed by atoms with E-state index in [0.717, 1.165) is 28.1 Å². The van der Waals surface area contributed by atoms with Gasteiger partial charge >= 0.3 is 0 Å². The molecule has 2 N–H and O–H groups in total. The first-order valence-corrected chi connectivity index (χ1v) is 7.56. The van der Waals surface area contributed by atoms with Crippen molar-refractivity contribution in [1.29, 1.82) is 0 Å². The predicted octanol–water partition coefficient (Wildman–Crippen LogP) is 3.40. The molecule has 2 aromatic carbocycles. The summed E-state index contributed by atoms with van der Waals surface area (Å²) in [5.41, 5.74) is 3.60. The lowest BCUT2D eigenvalue weighted by Gasteiger charge is -2.06. The quantitative estimate of drug-likeness (QED) is 0.772. The monoisotopic (exact) mass is 321 g/mol. The van der Waals surface area contributed by atoms with Gasteiger partial charge in [0.1, 0.15) is 17.8 Å². The van der Waals surface area contributed by atoms with Crippen LogP contribution in [0.25, 0.3) is 22.4 Å². The Bertz CT molecular complexity index is 880. The number of H-pyrrole nitrogens is 1. The van der Waals surface area contributed by atoms with Crippen LogP contribution in [0.4, 0.5) is 5.69 Å². The Labute approximate surface area is 138 Å². The van der Waals surface area contributed by atoms with Crippen LogP contribution in [0.2, 0.25) is 0 Å². The van der Waals surface area contributed by atoms with Gasteiger partial charge in [-0.2, -0.15) is 0 Å². The highest BCUT2D eigenvalue weighted by Crippen LogP contribution is 2.22. The number of aromatic nitrogens is 2. The second-order valence-electron chi connectivity index (χ2n) is 5.42. The number of aromatic amines is 1. The van der Waals surface area contributed by atoms with Gasteiger partial charge < -0.3 is 19.8 Å². The second-order valence-corrected chi connectivity index (χ2v) is 5.42. The number of nitrogens with one attached hydrogen (secondary N) is 2. The van der Waals surface area contributed by atoms with Crippen molar-refractivity contribution in [2.75, 3.05) is 12.1 Å². The van der Waals surface area contributed by atoms with Gasteiger partial charge in [-0.15, -0.1) is 0 Å². The number of ether oxygens (including phenoxy) is 2. The number of carbonyl (C=O) groups is 1. The summed E-state index contributed by atoms with van der Waals surface area (Å²) in [4.78, 5) is 19.8. The minimum atomic E-state index is -0.150. The Kier molecular flexibility index (Phi) is 3.63. The van der Waals surface area contributed by atoms with Crippen LogP contribution >= 0.6 is 0 Å². The van der Waals surface area contributed by atoms with E-state index in [1.54, 1.807) is 0 Å². The Morgan fingerprint density at radius 3 is 2.75 bits per heavy atom. The molecule has 1 aliphatic heterocycles. The lowest BCUT2D eigenvalue weighted by Crippen LogP contribution is -2.12. The van der Waals surface area contributed by atoms with Crippen molar-refractivity contribution in [3.05, 3.63) is 60.6 Å². The molecule has 120 valence electrons. The number of benzene rings is 2. The molecule has 6 heteroatoms. The number of carbonyl (C=O) groups excluding carboxylic acids is 1. The first-order chi connectivity index (χ1) is 11.8. The van der Waals surface area contributed by atoms with Gasteiger partial charge in [0.15, 0.2) is 0 Å². The molecule has 0 aliphatic carbocycles. The number of nitrogens with zero attached hydrogens (tertiary/aromatic N) is 1. The molecule has 1 aromatic heterocycles. The molecule has 0 radical (unpaired) electrons. The highest BCUT2D eigenvalue weighted by atomic mass is 16.7. The number of imidazole rings is 1. The summed E-state index contributed by atoms with van der Waals surface area (Å²) in [6.07, 6.45) is 1.62. The summed E-state index contributed by atoms with van der Waals surface area (Å²) in [5, 5.41) is 2.83. The SMILES string of the molecule is O=C(CC1=COCO1)Nc1ccc(-c2nc3ccccc3[nH]2)cc1. The van der Waals surface area contributed by atoms with Gasteiger partial charge in [0, 0.05) is 11.3 Å². The average Bonchev–Trinajstić information content (AvgIpc) is 3.24. The number of hydrogen-bond donors (Lipinski definition) is 2. The average molecular weight is 321 g/mol. The Hall–Kier alpha value is -3.28. The first kappa shape index (κ1) is 14.3. The number of amides is 1. The summed E-state index contributed by atoms with van der Waals surface area (Å²) < 4.78 is 10.1. The van der Waals surface area contributed by atoms with Crippen molar-refractivity contribution in [1.82, 2.24) is 9.97 Å². The molecular weight excluding hydrogens is 306 g/mol. The predicted molar refractivity (Wildman–Crippen MR) is 89.9 cm³/mol. The molecule has 0 saturated heterocycles. The second kappa shape index (κ2) is 6.08. The molecule has 0 fully saturated rings. The topological polar surface area (TPSA) is 76.2 Å². The summed E-state index contributed by atoms with van der Waals surface area (Å²) in [7, 11) is 0. The Morgan fingerprint density at radius 2 is 2.00 bits per heavy atom. The van der Waals surface area contributed by atoms with E-state index >= 15 is 0 Å². The molecule has 0 atom stereocenters. The van der Waals surface area contributed by atoms with Gasteiger partial charge in [-0.3, -0.25) is 4.79 Å². The molecule has 0 unspecified atom stereocenters. The van der Waals surface area contributed by atoms with E-state index in [0.29, 0.717) is 5.76 Å². The molecule has 0 saturated carbocycles. The fourth-order valence-corrected chi connectivity index (χ4v) is 2.53. The summed E-state index contributed by atoms with van der Waals surface area (Å²) in [6, 6.07) is 15.4. The zero-order chi connectivity index (χ0) is 16.4. The maximum atomic E-state index is 11.9. The van der Waals surface area contributed by atoms with Gasteiger partial charge in [0.25, 0.3) is 0 Å². The van der Waals surface area contributed by atoms with Gasteiger partial charge in [-0.05, 0) is 36.4 Å². The van der Waals surface area contributed by atoms with Crippen LogP contribution < -0.4 is 5.32 Å². The van der Waals surface area contributed by atoms with E-state index in [4.69, 9.17) is 9.47 Å². The van der Waals surface area contributed by atoms with Crippen molar-refractivity contribution >= 4 is 22.6 Å². The molecule has 3 aromatic rings. The van der Waals surface area contributed by atoms with Crippen molar-refractivity contribution < 1.29 is 14.3 Å². The Morgan fingerprint density at radius 1 is 1.17 bits per heavy atom. The van der Waals surface area contributed by atoms with E-state index < -0.39 is 0 Å². The highest BCUT2D eigenvalue weighted by Gasteiger charge is 2.12. The van der Waals surface area contributed by atoms with Crippen LogP contribution in [0.3, 0.4) is 0 Å². The standard InChI is InChI=1S/C18H15N3O3/c22-17(9-14-10-23-11-24-14)19-13-7-5-12(6-8-13)18-20-15-3-1-2-4-16(15)21-18/h1-8,10H,9,11H2,(H,19,22)(H,20,21). The van der Waals surface area contributed by atoms with Crippen LogP contribution in [0, 0.1) is 0 Å². The highest BCUT2D eigenvalue weighted by molar-refractivity contribution is 5.92. The molecule has 24 heavy (non-hydrogen) atoms. The number of rotatable bonds is 4. The summed E-state index contributed by atoms with van der Waals surface area (Å²) >= 11 is 0. The lowest BCUT2D eigenvalue weighted by molar-refractivity contribution is -0.116. The molecule has 0 spiro atoms. The lowest BCUT2D eigenvalue weighted by atomic mass is 10.2. The number of hydrogen-bond acceptors (Lipinski definition) is 4. The van der Waals surface area contributed by atoms with E-state index in [2.05, 4.69) is 15.3 Å².